The van der Waals surface area contributed by atoms with Crippen molar-refractivity contribution in [1.82, 2.24) is 14.5 Å². The first-order valence-electron chi connectivity index (χ1n) is 5.16. The van der Waals surface area contributed by atoms with Crippen LogP contribution in [0.4, 0.5) is 0 Å². The molecule has 0 amide bonds. The average molecular weight is 243 g/mol. The van der Waals surface area contributed by atoms with Crippen molar-refractivity contribution in [2.45, 2.75) is 32.2 Å². The number of nitrogens with one attached hydrogen (secondary N) is 2. The van der Waals surface area contributed by atoms with Gasteiger partial charge in [-0.25, -0.2) is 19.0 Å². The summed E-state index contributed by atoms with van der Waals surface area (Å²) in [6, 6.07) is 0. The van der Waals surface area contributed by atoms with E-state index >= 15 is 0 Å². The topological polar surface area (TPSA) is 125 Å². The molecule has 0 radical (unpaired) electrons. The Hall–Kier alpha value is -2.12. The monoisotopic (exact) mass is 243 g/mol. The Balaban J connectivity index is 2.53. The van der Waals surface area contributed by atoms with Crippen molar-refractivity contribution in [2.24, 2.45) is 0 Å². The molecule has 8 nitrogen and oxygen atoms in total. The lowest BCUT2D eigenvalue weighted by molar-refractivity contribution is -0.137. The van der Waals surface area contributed by atoms with Gasteiger partial charge in [0.15, 0.2) is 0 Å². The second kappa shape index (κ2) is 5.83. The molecule has 0 spiro atoms. The molecule has 1 heterocycles. The molecule has 0 aliphatic rings. The summed E-state index contributed by atoms with van der Waals surface area (Å²) in [4.78, 5) is 47.3. The number of carboxylic acids is 1. The zero-order chi connectivity index (χ0) is 12.8. The number of rotatable bonds is 6. The number of hydrogen-bond donors (Lipinski definition) is 3. The van der Waals surface area contributed by atoms with Gasteiger partial charge in [0.2, 0.25) is 0 Å². The molecule has 0 bridgehead atoms. The summed E-state index contributed by atoms with van der Waals surface area (Å²) in [7, 11) is 0. The van der Waals surface area contributed by atoms with Crippen molar-refractivity contribution in [3.8, 4) is 0 Å². The molecule has 8 heteroatoms. The number of aliphatic carboxylic acids is 1. The smallest absolute Gasteiger partial charge is 0.333 e. The Morgan fingerprint density at radius 3 is 2.18 bits per heavy atom. The third-order valence-electron chi connectivity index (χ3n) is 2.20. The molecule has 0 saturated carbocycles. The minimum atomic E-state index is -0.871. The third kappa shape index (κ3) is 4.09. The Kier molecular flexibility index (Phi) is 4.44. The van der Waals surface area contributed by atoms with Crippen LogP contribution in [0.15, 0.2) is 14.4 Å². The molecule has 1 aromatic rings. The molecule has 0 aliphatic carbocycles. The first-order valence-corrected chi connectivity index (χ1v) is 5.16. The van der Waals surface area contributed by atoms with Crippen molar-refractivity contribution in [1.29, 1.82) is 0 Å². The summed E-state index contributed by atoms with van der Waals surface area (Å²) >= 11 is 0. The van der Waals surface area contributed by atoms with E-state index in [2.05, 4.69) is 0 Å². The molecule has 0 aromatic carbocycles. The maximum atomic E-state index is 11.2. The molecule has 0 saturated heterocycles. The minimum Gasteiger partial charge on any atom is -0.481 e. The van der Waals surface area contributed by atoms with Gasteiger partial charge in [0, 0.05) is 13.0 Å². The number of hydrogen-bond acceptors (Lipinski definition) is 4. The molecule has 0 aliphatic heterocycles. The Labute approximate surface area is 94.9 Å². The Bertz CT molecular complexity index is 518. The molecule has 1 aromatic heterocycles. The first-order chi connectivity index (χ1) is 8.00. The van der Waals surface area contributed by atoms with Gasteiger partial charge in [0.25, 0.3) is 0 Å². The summed E-state index contributed by atoms with van der Waals surface area (Å²) in [5, 5.41) is 8.40. The largest absolute Gasteiger partial charge is 0.481 e. The van der Waals surface area contributed by atoms with Crippen LogP contribution in [0.3, 0.4) is 0 Å². The summed E-state index contributed by atoms with van der Waals surface area (Å²) in [6.07, 6.45) is 1.65. The van der Waals surface area contributed by atoms with Crippen molar-refractivity contribution < 1.29 is 9.90 Å². The van der Waals surface area contributed by atoms with Crippen LogP contribution in [-0.2, 0) is 11.3 Å². The highest BCUT2D eigenvalue weighted by molar-refractivity contribution is 5.66. The van der Waals surface area contributed by atoms with Crippen LogP contribution in [0.25, 0.3) is 0 Å². The second-order valence-electron chi connectivity index (χ2n) is 3.55. The van der Waals surface area contributed by atoms with E-state index in [9.17, 15) is 19.2 Å². The van der Waals surface area contributed by atoms with Gasteiger partial charge in [-0.2, -0.15) is 0 Å². The molecule has 0 unspecified atom stereocenters. The van der Waals surface area contributed by atoms with Gasteiger partial charge in [-0.1, -0.05) is 6.42 Å². The number of unbranched alkanes of at least 4 members (excludes halogenated alkanes) is 2. The Morgan fingerprint density at radius 1 is 1.06 bits per heavy atom. The van der Waals surface area contributed by atoms with Crippen LogP contribution in [0.5, 0.6) is 0 Å². The summed E-state index contributed by atoms with van der Waals surface area (Å²) in [5.74, 6) is -0.871. The van der Waals surface area contributed by atoms with Crippen molar-refractivity contribution in [3.63, 3.8) is 0 Å². The lowest BCUT2D eigenvalue weighted by Crippen LogP contribution is -2.43. The van der Waals surface area contributed by atoms with Crippen LogP contribution in [0, 0.1) is 0 Å². The minimum absolute atomic E-state index is 0.0663. The molecule has 0 fully saturated rings. The molecule has 94 valence electrons. The maximum Gasteiger partial charge on any atom is 0.333 e. The molecule has 17 heavy (non-hydrogen) atoms. The fourth-order valence-corrected chi connectivity index (χ4v) is 1.38. The van der Waals surface area contributed by atoms with Gasteiger partial charge in [0.05, 0.1) is 0 Å². The van der Waals surface area contributed by atoms with Gasteiger partial charge >= 0.3 is 23.0 Å². The van der Waals surface area contributed by atoms with E-state index in [4.69, 9.17) is 5.11 Å². The summed E-state index contributed by atoms with van der Waals surface area (Å²) < 4.78 is 0.877. The van der Waals surface area contributed by atoms with E-state index in [-0.39, 0.29) is 13.0 Å². The van der Waals surface area contributed by atoms with Gasteiger partial charge < -0.3 is 5.11 Å². The normalized spacial score (nSPS) is 10.4. The maximum absolute atomic E-state index is 11.2. The van der Waals surface area contributed by atoms with Crippen molar-refractivity contribution >= 4 is 5.97 Å². The molecule has 1 rings (SSSR count). The number of aromatic nitrogens is 3. The van der Waals surface area contributed by atoms with Gasteiger partial charge in [-0.15, -0.1) is 0 Å². The predicted molar refractivity (Wildman–Crippen MR) is 58.0 cm³/mol. The standard InChI is InChI=1S/C9H13N3O5/c13-6(14)4-2-1-3-5-12-8(16)10-7(15)11-9(12)17/h1-5H2,(H,13,14)(H2,10,11,15,16,17). The second-order valence-corrected chi connectivity index (χ2v) is 3.55. The number of aromatic amines is 2. The first kappa shape index (κ1) is 12.9. The van der Waals surface area contributed by atoms with Crippen molar-refractivity contribution in [2.75, 3.05) is 0 Å². The zero-order valence-corrected chi connectivity index (χ0v) is 9.06. The van der Waals surface area contributed by atoms with Crippen LogP contribution < -0.4 is 17.1 Å². The molecule has 0 atom stereocenters. The van der Waals surface area contributed by atoms with E-state index in [0.717, 1.165) is 4.57 Å². The quantitative estimate of drug-likeness (QED) is 0.545. The number of H-pyrrole nitrogens is 2. The number of carboxylic acid groups (broad SMARTS) is 1. The van der Waals surface area contributed by atoms with E-state index in [1.54, 1.807) is 0 Å². The highest BCUT2D eigenvalue weighted by Crippen LogP contribution is 1.99. The zero-order valence-electron chi connectivity index (χ0n) is 9.06. The van der Waals surface area contributed by atoms with E-state index < -0.39 is 23.0 Å². The SMILES string of the molecule is O=C(O)CCCCCn1c(=O)[nH]c(=O)[nH]c1=O. The molecular formula is C9H13N3O5. The summed E-state index contributed by atoms with van der Waals surface area (Å²) in [5.41, 5.74) is -2.34. The fourth-order valence-electron chi connectivity index (χ4n) is 1.38. The lowest BCUT2D eigenvalue weighted by atomic mass is 10.2. The molecule has 3 N–H and O–H groups in total. The highest BCUT2D eigenvalue weighted by Gasteiger charge is 2.02. The van der Waals surface area contributed by atoms with Gasteiger partial charge in [-0.3, -0.25) is 14.8 Å². The van der Waals surface area contributed by atoms with Crippen LogP contribution >= 0.6 is 0 Å². The highest BCUT2D eigenvalue weighted by atomic mass is 16.4. The number of carbonyl (C=O) groups is 1. The Morgan fingerprint density at radius 2 is 1.65 bits per heavy atom. The van der Waals surface area contributed by atoms with Crippen LogP contribution in [0.2, 0.25) is 0 Å². The van der Waals surface area contributed by atoms with Crippen molar-refractivity contribution in [3.05, 3.63) is 31.5 Å². The predicted octanol–water partition coefficient (Wildman–Crippen LogP) is -1.13. The van der Waals surface area contributed by atoms with E-state index in [0.29, 0.717) is 19.3 Å². The number of nitrogens with zero attached hydrogens (tertiary/aromatic N) is 1. The third-order valence-corrected chi connectivity index (χ3v) is 2.20. The van der Waals surface area contributed by atoms with Gasteiger partial charge in [0.1, 0.15) is 0 Å². The fraction of sp³-hybridized carbons (Fsp3) is 0.556. The molecular weight excluding hydrogens is 230 g/mol. The van der Waals surface area contributed by atoms with Crippen LogP contribution in [0.1, 0.15) is 25.7 Å². The van der Waals surface area contributed by atoms with E-state index in [1.165, 1.54) is 0 Å². The van der Waals surface area contributed by atoms with E-state index in [1.807, 2.05) is 9.97 Å². The van der Waals surface area contributed by atoms with Gasteiger partial charge in [-0.05, 0) is 12.8 Å². The van der Waals surface area contributed by atoms with Crippen LogP contribution in [-0.4, -0.2) is 25.6 Å². The summed E-state index contributed by atoms with van der Waals surface area (Å²) in [6.45, 7) is 0.157. The average Bonchev–Trinajstić information content (AvgIpc) is 2.20. The lowest BCUT2D eigenvalue weighted by Gasteiger charge is -2.02.